The standard InChI is InChI=1S/C17H18N2O2/c1-12(2)14-8-6-13(7-9-14)11-18-19-17(21)15-4-3-5-16(20)10-15/h3-12,20H,1-2H3,(H,19,21). The molecule has 0 aliphatic heterocycles. The Balaban J connectivity index is 1.97. The molecule has 0 spiro atoms. The molecule has 2 rings (SSSR count). The summed E-state index contributed by atoms with van der Waals surface area (Å²) in [5, 5.41) is 13.2. The highest BCUT2D eigenvalue weighted by atomic mass is 16.3. The minimum Gasteiger partial charge on any atom is -0.508 e. The lowest BCUT2D eigenvalue weighted by Crippen LogP contribution is -2.17. The van der Waals surface area contributed by atoms with Gasteiger partial charge in [0.1, 0.15) is 5.75 Å². The molecule has 0 fully saturated rings. The maximum absolute atomic E-state index is 11.8. The van der Waals surface area contributed by atoms with Crippen LogP contribution in [0.5, 0.6) is 5.75 Å². The third-order valence-electron chi connectivity index (χ3n) is 3.09. The van der Waals surface area contributed by atoms with Crippen molar-refractivity contribution >= 4 is 12.1 Å². The first-order chi connectivity index (χ1) is 10.1. The Kier molecular flexibility index (Phi) is 4.72. The number of aromatic hydroxyl groups is 1. The Hall–Kier alpha value is -2.62. The van der Waals surface area contributed by atoms with E-state index in [0.717, 1.165) is 5.56 Å². The van der Waals surface area contributed by atoms with Crippen LogP contribution in [-0.2, 0) is 0 Å². The molecular weight excluding hydrogens is 264 g/mol. The van der Waals surface area contributed by atoms with E-state index in [1.807, 2.05) is 24.3 Å². The molecule has 0 atom stereocenters. The fraction of sp³-hybridized carbons (Fsp3) is 0.176. The molecule has 0 unspecified atom stereocenters. The highest BCUT2D eigenvalue weighted by molar-refractivity contribution is 5.95. The molecule has 2 aromatic carbocycles. The second kappa shape index (κ2) is 6.70. The smallest absolute Gasteiger partial charge is 0.271 e. The van der Waals surface area contributed by atoms with Crippen LogP contribution in [-0.4, -0.2) is 17.2 Å². The highest BCUT2D eigenvalue weighted by Gasteiger charge is 2.04. The molecule has 0 bridgehead atoms. The van der Waals surface area contributed by atoms with Crippen LogP contribution >= 0.6 is 0 Å². The average Bonchev–Trinajstić information content (AvgIpc) is 2.47. The Labute approximate surface area is 124 Å². The third-order valence-corrected chi connectivity index (χ3v) is 3.09. The van der Waals surface area contributed by atoms with Crippen molar-refractivity contribution in [3.63, 3.8) is 0 Å². The molecule has 108 valence electrons. The van der Waals surface area contributed by atoms with Gasteiger partial charge in [0.05, 0.1) is 6.21 Å². The lowest BCUT2D eigenvalue weighted by Gasteiger charge is -2.04. The van der Waals surface area contributed by atoms with Gasteiger partial charge >= 0.3 is 0 Å². The largest absolute Gasteiger partial charge is 0.508 e. The van der Waals surface area contributed by atoms with Gasteiger partial charge in [0.15, 0.2) is 0 Å². The van der Waals surface area contributed by atoms with Crippen molar-refractivity contribution < 1.29 is 9.90 Å². The molecule has 0 aromatic heterocycles. The molecule has 0 saturated heterocycles. The van der Waals surface area contributed by atoms with Gasteiger partial charge < -0.3 is 5.11 Å². The average molecular weight is 282 g/mol. The van der Waals surface area contributed by atoms with E-state index >= 15 is 0 Å². The fourth-order valence-corrected chi connectivity index (χ4v) is 1.84. The molecule has 1 amide bonds. The number of nitrogens with zero attached hydrogens (tertiary/aromatic N) is 1. The quantitative estimate of drug-likeness (QED) is 0.667. The maximum atomic E-state index is 11.8. The summed E-state index contributed by atoms with van der Waals surface area (Å²) in [7, 11) is 0. The Morgan fingerprint density at radius 2 is 1.90 bits per heavy atom. The van der Waals surface area contributed by atoms with Gasteiger partial charge in [-0.05, 0) is 35.2 Å². The number of rotatable bonds is 4. The number of hydrogen-bond acceptors (Lipinski definition) is 3. The van der Waals surface area contributed by atoms with E-state index in [1.165, 1.54) is 17.7 Å². The van der Waals surface area contributed by atoms with Crippen molar-refractivity contribution in [2.45, 2.75) is 19.8 Å². The van der Waals surface area contributed by atoms with Crippen molar-refractivity contribution in [3.8, 4) is 5.75 Å². The van der Waals surface area contributed by atoms with E-state index < -0.39 is 0 Å². The predicted octanol–water partition coefficient (Wildman–Crippen LogP) is 3.28. The van der Waals surface area contributed by atoms with E-state index in [2.05, 4.69) is 24.4 Å². The van der Waals surface area contributed by atoms with E-state index in [0.29, 0.717) is 11.5 Å². The van der Waals surface area contributed by atoms with Crippen molar-refractivity contribution in [1.82, 2.24) is 5.43 Å². The Morgan fingerprint density at radius 3 is 2.52 bits per heavy atom. The summed E-state index contributed by atoms with van der Waals surface area (Å²) >= 11 is 0. The van der Waals surface area contributed by atoms with Crippen molar-refractivity contribution in [2.75, 3.05) is 0 Å². The first-order valence-corrected chi connectivity index (χ1v) is 6.78. The monoisotopic (exact) mass is 282 g/mol. The van der Waals surface area contributed by atoms with Gasteiger partial charge in [0.2, 0.25) is 0 Å². The summed E-state index contributed by atoms with van der Waals surface area (Å²) in [6, 6.07) is 14.1. The first kappa shape index (κ1) is 14.8. The number of phenols is 1. The number of nitrogens with one attached hydrogen (secondary N) is 1. The summed E-state index contributed by atoms with van der Waals surface area (Å²) in [5.41, 5.74) is 4.97. The molecular formula is C17H18N2O2. The van der Waals surface area contributed by atoms with Gasteiger partial charge in [-0.15, -0.1) is 0 Å². The van der Waals surface area contributed by atoms with Gasteiger partial charge in [-0.25, -0.2) is 5.43 Å². The topological polar surface area (TPSA) is 61.7 Å². The molecule has 2 N–H and O–H groups in total. The van der Waals surface area contributed by atoms with Crippen LogP contribution in [0.15, 0.2) is 53.6 Å². The van der Waals surface area contributed by atoms with Gasteiger partial charge in [-0.2, -0.15) is 5.10 Å². The molecule has 4 heteroatoms. The number of benzene rings is 2. The van der Waals surface area contributed by atoms with Crippen LogP contribution in [0.4, 0.5) is 0 Å². The molecule has 2 aromatic rings. The normalized spacial score (nSPS) is 11.0. The predicted molar refractivity (Wildman–Crippen MR) is 83.7 cm³/mol. The lowest BCUT2D eigenvalue weighted by molar-refractivity contribution is 0.0954. The number of hydrazone groups is 1. The number of hydrogen-bond donors (Lipinski definition) is 2. The van der Waals surface area contributed by atoms with Crippen LogP contribution in [0.1, 0.15) is 41.3 Å². The summed E-state index contributed by atoms with van der Waals surface area (Å²) in [6.07, 6.45) is 1.59. The summed E-state index contributed by atoms with van der Waals surface area (Å²) in [6.45, 7) is 4.27. The number of carbonyl (C=O) groups is 1. The van der Waals surface area contributed by atoms with Crippen LogP contribution in [0, 0.1) is 0 Å². The van der Waals surface area contributed by atoms with Crippen LogP contribution in [0.2, 0.25) is 0 Å². The number of carbonyl (C=O) groups excluding carboxylic acids is 1. The van der Waals surface area contributed by atoms with Crippen molar-refractivity contribution in [1.29, 1.82) is 0 Å². The zero-order valence-electron chi connectivity index (χ0n) is 12.1. The van der Waals surface area contributed by atoms with Crippen molar-refractivity contribution in [3.05, 3.63) is 65.2 Å². The number of amides is 1. The Bertz CT molecular complexity index is 646. The Morgan fingerprint density at radius 1 is 1.19 bits per heavy atom. The molecule has 0 aliphatic rings. The van der Waals surface area contributed by atoms with Crippen LogP contribution in [0.3, 0.4) is 0 Å². The summed E-state index contributed by atoms with van der Waals surface area (Å²) < 4.78 is 0. The molecule has 0 aliphatic carbocycles. The molecule has 0 saturated carbocycles. The lowest BCUT2D eigenvalue weighted by atomic mass is 10.0. The zero-order chi connectivity index (χ0) is 15.2. The van der Waals surface area contributed by atoms with E-state index in [4.69, 9.17) is 0 Å². The van der Waals surface area contributed by atoms with E-state index in [9.17, 15) is 9.90 Å². The van der Waals surface area contributed by atoms with Gasteiger partial charge in [-0.3, -0.25) is 4.79 Å². The van der Waals surface area contributed by atoms with Gasteiger partial charge in [0.25, 0.3) is 5.91 Å². The molecule has 0 radical (unpaired) electrons. The van der Waals surface area contributed by atoms with E-state index in [1.54, 1.807) is 18.3 Å². The zero-order valence-corrected chi connectivity index (χ0v) is 12.1. The minimum absolute atomic E-state index is 0.0518. The van der Waals surface area contributed by atoms with Crippen molar-refractivity contribution in [2.24, 2.45) is 5.10 Å². The fourth-order valence-electron chi connectivity index (χ4n) is 1.84. The van der Waals surface area contributed by atoms with Crippen LogP contribution in [0.25, 0.3) is 0 Å². The number of phenolic OH excluding ortho intramolecular Hbond substituents is 1. The van der Waals surface area contributed by atoms with Gasteiger partial charge in [0, 0.05) is 5.56 Å². The summed E-state index contributed by atoms with van der Waals surface area (Å²) in [5.74, 6) is 0.179. The molecule has 0 heterocycles. The summed E-state index contributed by atoms with van der Waals surface area (Å²) in [4.78, 5) is 11.8. The SMILES string of the molecule is CC(C)c1ccc(C=NNC(=O)c2cccc(O)c2)cc1. The van der Waals surface area contributed by atoms with Crippen LogP contribution < -0.4 is 5.43 Å². The second-order valence-corrected chi connectivity index (χ2v) is 5.07. The minimum atomic E-state index is -0.360. The molecule has 4 nitrogen and oxygen atoms in total. The van der Waals surface area contributed by atoms with Gasteiger partial charge in [-0.1, -0.05) is 44.2 Å². The van der Waals surface area contributed by atoms with E-state index in [-0.39, 0.29) is 11.7 Å². The molecule has 21 heavy (non-hydrogen) atoms. The second-order valence-electron chi connectivity index (χ2n) is 5.07. The highest BCUT2D eigenvalue weighted by Crippen LogP contribution is 2.14. The third kappa shape index (κ3) is 4.18. The first-order valence-electron chi connectivity index (χ1n) is 6.78. The maximum Gasteiger partial charge on any atom is 0.271 e.